The molecule has 0 saturated heterocycles. The number of aryl methyl sites for hydroxylation is 1. The van der Waals surface area contributed by atoms with E-state index in [4.69, 9.17) is 4.74 Å². The largest absolute Gasteiger partial charge is 0.461 e. The van der Waals surface area contributed by atoms with Crippen molar-refractivity contribution in [3.8, 4) is 0 Å². The number of anilines is 1. The quantitative estimate of drug-likeness (QED) is 0.637. The summed E-state index contributed by atoms with van der Waals surface area (Å²) in [5.74, 6) is -0.456. The van der Waals surface area contributed by atoms with E-state index in [0.717, 1.165) is 28.7 Å². The fourth-order valence-corrected chi connectivity index (χ4v) is 4.52. The Kier molecular flexibility index (Phi) is 4.82. The van der Waals surface area contributed by atoms with Gasteiger partial charge in [-0.3, -0.25) is 4.72 Å². The van der Waals surface area contributed by atoms with Crippen molar-refractivity contribution in [2.45, 2.75) is 24.5 Å². The Labute approximate surface area is 149 Å². The maximum absolute atomic E-state index is 12.5. The summed E-state index contributed by atoms with van der Waals surface area (Å²) < 4.78 is 32.9. The molecule has 0 aliphatic rings. The first-order valence-electron chi connectivity index (χ1n) is 7.77. The van der Waals surface area contributed by atoms with Crippen LogP contribution in [0.15, 0.2) is 39.9 Å². The first-order chi connectivity index (χ1) is 11.9. The SMILES string of the molecule is CCCOC(=O)c1cc2cc(C)cc(NS(=O)(=O)c3cccs3)c2[nH]1. The van der Waals surface area contributed by atoms with Crippen LogP contribution in [0.1, 0.15) is 29.4 Å². The number of hydrogen-bond donors (Lipinski definition) is 2. The molecular weight excluding hydrogens is 360 g/mol. The Morgan fingerprint density at radius 1 is 1.32 bits per heavy atom. The Balaban J connectivity index is 2.00. The molecule has 2 aromatic heterocycles. The summed E-state index contributed by atoms with van der Waals surface area (Å²) in [6.07, 6.45) is 0.733. The fraction of sp³-hybridized carbons (Fsp3) is 0.235. The molecule has 132 valence electrons. The van der Waals surface area contributed by atoms with Gasteiger partial charge in [-0.05, 0) is 48.6 Å². The molecule has 0 aliphatic heterocycles. The number of nitrogens with one attached hydrogen (secondary N) is 2. The second-order valence-corrected chi connectivity index (χ2v) is 8.49. The number of sulfonamides is 1. The van der Waals surface area contributed by atoms with Crippen LogP contribution in [0.25, 0.3) is 10.9 Å². The van der Waals surface area contributed by atoms with Gasteiger partial charge in [-0.2, -0.15) is 0 Å². The summed E-state index contributed by atoms with van der Waals surface area (Å²) in [7, 11) is -3.67. The van der Waals surface area contributed by atoms with Gasteiger partial charge in [0.2, 0.25) is 0 Å². The number of hydrogen-bond acceptors (Lipinski definition) is 5. The summed E-state index contributed by atoms with van der Waals surface area (Å²) in [5, 5.41) is 2.45. The maximum atomic E-state index is 12.5. The predicted octanol–water partition coefficient (Wildman–Crippen LogP) is 3.91. The predicted molar refractivity (Wildman–Crippen MR) is 98.7 cm³/mol. The zero-order valence-corrected chi connectivity index (χ0v) is 15.5. The van der Waals surface area contributed by atoms with Gasteiger partial charge < -0.3 is 9.72 Å². The number of thiophene rings is 1. The minimum atomic E-state index is -3.67. The summed E-state index contributed by atoms with van der Waals surface area (Å²) in [5.41, 5.74) is 2.13. The van der Waals surface area contributed by atoms with Crippen molar-refractivity contribution in [3.63, 3.8) is 0 Å². The first kappa shape index (κ1) is 17.5. The van der Waals surface area contributed by atoms with Crippen molar-refractivity contribution in [1.29, 1.82) is 0 Å². The van der Waals surface area contributed by atoms with Crippen LogP contribution in [0.3, 0.4) is 0 Å². The molecule has 0 fully saturated rings. The molecule has 3 aromatic rings. The van der Waals surface area contributed by atoms with Crippen LogP contribution in [0.4, 0.5) is 5.69 Å². The second-order valence-electron chi connectivity index (χ2n) is 5.63. The van der Waals surface area contributed by atoms with E-state index in [1.165, 1.54) is 0 Å². The van der Waals surface area contributed by atoms with E-state index in [9.17, 15) is 13.2 Å². The number of benzene rings is 1. The number of H-pyrrole nitrogens is 1. The molecule has 0 unspecified atom stereocenters. The fourth-order valence-electron chi connectivity index (χ4n) is 2.47. The minimum absolute atomic E-state index is 0.233. The molecule has 0 spiro atoms. The van der Waals surface area contributed by atoms with Gasteiger partial charge in [-0.15, -0.1) is 11.3 Å². The van der Waals surface area contributed by atoms with Gasteiger partial charge in [0.1, 0.15) is 9.90 Å². The smallest absolute Gasteiger partial charge is 0.354 e. The van der Waals surface area contributed by atoms with Gasteiger partial charge in [0.05, 0.1) is 17.8 Å². The molecule has 0 aliphatic carbocycles. The van der Waals surface area contributed by atoms with Gasteiger partial charge in [0, 0.05) is 5.39 Å². The molecule has 2 N–H and O–H groups in total. The number of aromatic nitrogens is 1. The summed E-state index contributed by atoms with van der Waals surface area (Å²) in [4.78, 5) is 15.0. The zero-order chi connectivity index (χ0) is 18.0. The van der Waals surface area contributed by atoms with E-state index < -0.39 is 16.0 Å². The Morgan fingerprint density at radius 2 is 2.12 bits per heavy atom. The number of ether oxygens (including phenoxy) is 1. The lowest BCUT2D eigenvalue weighted by atomic mass is 10.1. The van der Waals surface area contributed by atoms with E-state index in [0.29, 0.717) is 23.5 Å². The molecule has 3 rings (SSSR count). The van der Waals surface area contributed by atoms with Crippen LogP contribution in [0.2, 0.25) is 0 Å². The molecule has 0 amide bonds. The van der Waals surface area contributed by atoms with Crippen molar-refractivity contribution in [2.75, 3.05) is 11.3 Å². The molecular formula is C17H18N2O4S2. The molecule has 6 nitrogen and oxygen atoms in total. The van der Waals surface area contributed by atoms with E-state index >= 15 is 0 Å². The van der Waals surface area contributed by atoms with Crippen molar-refractivity contribution < 1.29 is 17.9 Å². The lowest BCUT2D eigenvalue weighted by Gasteiger charge is -2.09. The van der Waals surface area contributed by atoms with Crippen molar-refractivity contribution >= 4 is 43.9 Å². The van der Waals surface area contributed by atoms with Crippen LogP contribution >= 0.6 is 11.3 Å². The topological polar surface area (TPSA) is 88.3 Å². The number of fused-ring (bicyclic) bond motifs is 1. The van der Waals surface area contributed by atoms with Crippen molar-refractivity contribution in [2.24, 2.45) is 0 Å². The third-order valence-corrected chi connectivity index (χ3v) is 6.30. The average Bonchev–Trinajstić information content (AvgIpc) is 3.21. The number of esters is 1. The number of carbonyl (C=O) groups excluding carboxylic acids is 1. The lowest BCUT2D eigenvalue weighted by Crippen LogP contribution is -2.12. The van der Waals surface area contributed by atoms with Crippen molar-refractivity contribution in [3.05, 3.63) is 47.0 Å². The number of rotatable bonds is 6. The third kappa shape index (κ3) is 3.69. The number of carbonyl (C=O) groups is 1. The first-order valence-corrected chi connectivity index (χ1v) is 10.1. The van der Waals surface area contributed by atoms with Gasteiger partial charge >= 0.3 is 5.97 Å². The highest BCUT2D eigenvalue weighted by atomic mass is 32.2. The normalized spacial score (nSPS) is 11.6. The van der Waals surface area contributed by atoms with E-state index in [1.807, 2.05) is 19.9 Å². The highest BCUT2D eigenvalue weighted by molar-refractivity contribution is 7.94. The lowest BCUT2D eigenvalue weighted by molar-refractivity contribution is 0.0499. The molecule has 0 saturated carbocycles. The van der Waals surface area contributed by atoms with Crippen LogP contribution < -0.4 is 4.72 Å². The summed E-state index contributed by atoms with van der Waals surface area (Å²) in [6, 6.07) is 8.50. The summed E-state index contributed by atoms with van der Waals surface area (Å²) in [6.45, 7) is 4.12. The van der Waals surface area contributed by atoms with E-state index in [2.05, 4.69) is 9.71 Å². The number of aromatic amines is 1. The van der Waals surface area contributed by atoms with Gasteiger partial charge in [0.15, 0.2) is 0 Å². The standard InChI is InChI=1S/C17H18N2O4S2/c1-3-6-23-17(20)14-10-12-8-11(2)9-13(16(12)18-14)19-25(21,22)15-5-4-7-24-15/h4-5,7-10,18-19H,3,6H2,1-2H3. The monoisotopic (exact) mass is 378 g/mol. The van der Waals surface area contributed by atoms with Gasteiger partial charge in [0.25, 0.3) is 10.0 Å². The van der Waals surface area contributed by atoms with Crippen LogP contribution in [0, 0.1) is 6.92 Å². The molecule has 2 heterocycles. The van der Waals surface area contributed by atoms with Gasteiger partial charge in [-0.1, -0.05) is 13.0 Å². The molecule has 0 atom stereocenters. The minimum Gasteiger partial charge on any atom is -0.461 e. The third-order valence-electron chi connectivity index (χ3n) is 3.53. The molecule has 25 heavy (non-hydrogen) atoms. The van der Waals surface area contributed by atoms with Gasteiger partial charge in [-0.25, -0.2) is 13.2 Å². The Bertz CT molecular complexity index is 1000. The van der Waals surface area contributed by atoms with Crippen LogP contribution in [0.5, 0.6) is 0 Å². The Hall–Kier alpha value is -2.32. The highest BCUT2D eigenvalue weighted by Gasteiger charge is 2.19. The second kappa shape index (κ2) is 6.89. The Morgan fingerprint density at radius 3 is 2.80 bits per heavy atom. The maximum Gasteiger partial charge on any atom is 0.354 e. The highest BCUT2D eigenvalue weighted by Crippen LogP contribution is 2.29. The average molecular weight is 378 g/mol. The summed E-state index contributed by atoms with van der Waals surface area (Å²) >= 11 is 1.14. The molecule has 1 aromatic carbocycles. The van der Waals surface area contributed by atoms with Crippen LogP contribution in [-0.4, -0.2) is 26.0 Å². The zero-order valence-electron chi connectivity index (χ0n) is 13.8. The van der Waals surface area contributed by atoms with E-state index in [1.54, 1.807) is 29.6 Å². The molecule has 0 radical (unpaired) electrons. The molecule has 8 heteroatoms. The van der Waals surface area contributed by atoms with E-state index in [-0.39, 0.29) is 4.21 Å². The molecule has 0 bridgehead atoms. The van der Waals surface area contributed by atoms with Crippen molar-refractivity contribution in [1.82, 2.24) is 4.98 Å². The van der Waals surface area contributed by atoms with Crippen LogP contribution in [-0.2, 0) is 14.8 Å².